The maximum atomic E-state index is 10.6. The average molecular weight is 318 g/mol. The van der Waals surface area contributed by atoms with Crippen molar-refractivity contribution in [3.63, 3.8) is 0 Å². The number of hydrogen-bond donors (Lipinski definition) is 2. The molecule has 1 aromatic carbocycles. The zero-order valence-electron chi connectivity index (χ0n) is 12.0. The zero-order chi connectivity index (χ0) is 15.7. The molecular formula is C14H14N4O3S. The van der Waals surface area contributed by atoms with Gasteiger partial charge in [0.25, 0.3) is 0 Å². The van der Waals surface area contributed by atoms with Crippen LogP contribution in [-0.4, -0.2) is 26.0 Å². The van der Waals surface area contributed by atoms with E-state index in [1.54, 1.807) is 4.68 Å². The van der Waals surface area contributed by atoms with E-state index in [1.807, 2.05) is 38.2 Å². The largest absolute Gasteiger partial charge is 0.487 e. The van der Waals surface area contributed by atoms with Crippen LogP contribution in [0.3, 0.4) is 0 Å². The van der Waals surface area contributed by atoms with Crippen molar-refractivity contribution in [1.82, 2.24) is 14.8 Å². The van der Waals surface area contributed by atoms with Crippen LogP contribution in [0.1, 0.15) is 11.4 Å². The van der Waals surface area contributed by atoms with Crippen LogP contribution in [0.2, 0.25) is 0 Å². The fraction of sp³-hybridized carbons (Fsp3) is 0.214. The summed E-state index contributed by atoms with van der Waals surface area (Å²) in [7, 11) is 1.88. The quantitative estimate of drug-likeness (QED) is 0.772. The zero-order valence-corrected chi connectivity index (χ0v) is 12.8. The highest BCUT2D eigenvalue weighted by molar-refractivity contribution is 7.22. The summed E-state index contributed by atoms with van der Waals surface area (Å²) in [5.41, 5.74) is 2.66. The van der Waals surface area contributed by atoms with Crippen molar-refractivity contribution >= 4 is 32.8 Å². The van der Waals surface area contributed by atoms with Crippen LogP contribution in [0.4, 0.5) is 9.93 Å². The van der Waals surface area contributed by atoms with Gasteiger partial charge < -0.3 is 9.84 Å². The number of aromatic nitrogens is 3. The molecule has 7 nitrogen and oxygen atoms in total. The number of ether oxygens (including phenoxy) is 1. The molecule has 2 aromatic heterocycles. The molecule has 0 fully saturated rings. The summed E-state index contributed by atoms with van der Waals surface area (Å²) < 4.78 is 8.42. The van der Waals surface area contributed by atoms with Crippen molar-refractivity contribution in [3.8, 4) is 5.75 Å². The Balaban J connectivity index is 1.76. The predicted octanol–water partition coefficient (Wildman–Crippen LogP) is 3.01. The second-order valence-corrected chi connectivity index (χ2v) is 5.80. The van der Waals surface area contributed by atoms with Crippen molar-refractivity contribution in [2.75, 3.05) is 5.32 Å². The Bertz CT molecular complexity index is 840. The third-order valence-corrected chi connectivity index (χ3v) is 3.99. The number of anilines is 1. The van der Waals surface area contributed by atoms with Gasteiger partial charge in [-0.3, -0.25) is 10.00 Å². The molecule has 0 spiro atoms. The lowest BCUT2D eigenvalue weighted by molar-refractivity contribution is 0.209. The number of carboxylic acid groups (broad SMARTS) is 1. The van der Waals surface area contributed by atoms with Gasteiger partial charge in [-0.1, -0.05) is 11.3 Å². The van der Waals surface area contributed by atoms with Crippen molar-refractivity contribution in [3.05, 3.63) is 35.7 Å². The maximum absolute atomic E-state index is 10.6. The van der Waals surface area contributed by atoms with Gasteiger partial charge in [-0.05, 0) is 31.2 Å². The Morgan fingerprint density at radius 1 is 1.45 bits per heavy atom. The molecule has 0 saturated heterocycles. The normalized spacial score (nSPS) is 10.8. The van der Waals surface area contributed by atoms with Crippen LogP contribution in [0, 0.1) is 6.92 Å². The molecule has 0 aliphatic heterocycles. The molecule has 0 atom stereocenters. The molecule has 3 rings (SSSR count). The number of hydrogen-bond acceptors (Lipinski definition) is 5. The van der Waals surface area contributed by atoms with Crippen LogP contribution < -0.4 is 10.1 Å². The number of nitrogens with zero attached hydrogens (tertiary/aromatic N) is 3. The van der Waals surface area contributed by atoms with Gasteiger partial charge in [0.2, 0.25) is 0 Å². The standard InChI is InChI=1S/C14H14N4O3S/c1-8-5-9(18(2)17-8)7-21-10-3-4-11-12(6-10)22-13(15-11)16-14(19)20/h3-6H,7H2,1-2H3,(H,15,16)(H,19,20). The third-order valence-electron chi connectivity index (χ3n) is 3.06. The Kier molecular flexibility index (Phi) is 3.68. The van der Waals surface area contributed by atoms with Crippen molar-refractivity contribution in [2.24, 2.45) is 7.05 Å². The molecule has 0 saturated carbocycles. The summed E-state index contributed by atoms with van der Waals surface area (Å²) in [5.74, 6) is 0.705. The van der Waals surface area contributed by atoms with Crippen molar-refractivity contribution in [2.45, 2.75) is 13.5 Å². The van der Waals surface area contributed by atoms with Gasteiger partial charge in [0, 0.05) is 7.05 Å². The van der Waals surface area contributed by atoms with E-state index in [9.17, 15) is 4.79 Å². The molecule has 0 unspecified atom stereocenters. The van der Waals surface area contributed by atoms with E-state index in [0.29, 0.717) is 17.5 Å². The highest BCUT2D eigenvalue weighted by atomic mass is 32.1. The Morgan fingerprint density at radius 3 is 2.95 bits per heavy atom. The number of aryl methyl sites for hydroxylation is 2. The van der Waals surface area contributed by atoms with Crippen molar-refractivity contribution < 1.29 is 14.6 Å². The van der Waals surface area contributed by atoms with Crippen LogP contribution >= 0.6 is 11.3 Å². The summed E-state index contributed by atoms with van der Waals surface area (Å²) in [6, 6.07) is 7.45. The average Bonchev–Trinajstić information content (AvgIpc) is 2.97. The summed E-state index contributed by atoms with van der Waals surface area (Å²) in [6.45, 7) is 2.35. The smallest absolute Gasteiger partial charge is 0.410 e. The summed E-state index contributed by atoms with van der Waals surface area (Å²) >= 11 is 1.27. The monoisotopic (exact) mass is 318 g/mol. The lowest BCUT2D eigenvalue weighted by Gasteiger charge is -2.06. The SMILES string of the molecule is Cc1cc(COc2ccc3nc(NC(=O)O)sc3c2)n(C)n1. The molecule has 1 amide bonds. The topological polar surface area (TPSA) is 89.3 Å². The fourth-order valence-electron chi connectivity index (χ4n) is 2.10. The van der Waals surface area contributed by atoms with E-state index < -0.39 is 6.09 Å². The number of thiazole rings is 1. The number of amides is 1. The summed E-state index contributed by atoms with van der Waals surface area (Å²) in [5, 5.41) is 15.6. The minimum atomic E-state index is -1.12. The highest BCUT2D eigenvalue weighted by Gasteiger charge is 2.08. The highest BCUT2D eigenvalue weighted by Crippen LogP contribution is 2.29. The van der Waals surface area contributed by atoms with E-state index in [2.05, 4.69) is 15.4 Å². The maximum Gasteiger partial charge on any atom is 0.410 e. The molecule has 114 valence electrons. The molecule has 3 aromatic rings. The summed E-state index contributed by atoms with van der Waals surface area (Å²) in [6.07, 6.45) is -1.12. The molecule has 0 bridgehead atoms. The van der Waals surface area contributed by atoms with Gasteiger partial charge in [-0.15, -0.1) is 0 Å². The molecule has 2 N–H and O–H groups in total. The first-order valence-electron chi connectivity index (χ1n) is 6.54. The van der Waals surface area contributed by atoms with E-state index in [-0.39, 0.29) is 0 Å². The second kappa shape index (κ2) is 5.64. The van der Waals surface area contributed by atoms with Crippen LogP contribution in [0.15, 0.2) is 24.3 Å². The second-order valence-electron chi connectivity index (χ2n) is 4.77. The minimum Gasteiger partial charge on any atom is -0.487 e. The van der Waals surface area contributed by atoms with Gasteiger partial charge in [0.15, 0.2) is 5.13 Å². The van der Waals surface area contributed by atoms with E-state index >= 15 is 0 Å². The summed E-state index contributed by atoms with van der Waals surface area (Å²) in [4.78, 5) is 14.8. The van der Waals surface area contributed by atoms with Gasteiger partial charge in [0.1, 0.15) is 12.4 Å². The number of rotatable bonds is 4. The van der Waals surface area contributed by atoms with Gasteiger partial charge >= 0.3 is 6.09 Å². The first-order chi connectivity index (χ1) is 10.5. The molecule has 22 heavy (non-hydrogen) atoms. The van der Waals surface area contributed by atoms with Gasteiger partial charge in [-0.25, -0.2) is 9.78 Å². The fourth-order valence-corrected chi connectivity index (χ4v) is 2.98. The van der Waals surface area contributed by atoms with Crippen LogP contribution in [0.5, 0.6) is 5.75 Å². The van der Waals surface area contributed by atoms with Crippen LogP contribution in [0.25, 0.3) is 10.2 Å². The Labute approximate surface area is 130 Å². The minimum absolute atomic E-state index is 0.349. The number of benzene rings is 1. The Hall–Kier alpha value is -2.61. The Morgan fingerprint density at radius 2 is 2.27 bits per heavy atom. The first-order valence-corrected chi connectivity index (χ1v) is 7.36. The third kappa shape index (κ3) is 3.01. The molecule has 8 heteroatoms. The number of carbonyl (C=O) groups is 1. The first kappa shape index (κ1) is 14.3. The van der Waals surface area contributed by atoms with E-state index in [4.69, 9.17) is 9.84 Å². The molecule has 2 heterocycles. The molecule has 0 aliphatic carbocycles. The number of nitrogens with one attached hydrogen (secondary N) is 1. The number of fused-ring (bicyclic) bond motifs is 1. The van der Waals surface area contributed by atoms with E-state index in [1.165, 1.54) is 11.3 Å². The molecular weight excluding hydrogens is 304 g/mol. The molecule has 0 radical (unpaired) electrons. The van der Waals surface area contributed by atoms with Crippen molar-refractivity contribution in [1.29, 1.82) is 0 Å². The lowest BCUT2D eigenvalue weighted by Crippen LogP contribution is -2.06. The lowest BCUT2D eigenvalue weighted by atomic mass is 10.3. The van der Waals surface area contributed by atoms with E-state index in [0.717, 1.165) is 21.6 Å². The van der Waals surface area contributed by atoms with Gasteiger partial charge in [-0.2, -0.15) is 5.10 Å². The van der Waals surface area contributed by atoms with Crippen LogP contribution in [-0.2, 0) is 13.7 Å². The molecule has 0 aliphatic rings. The van der Waals surface area contributed by atoms with Gasteiger partial charge in [0.05, 0.1) is 21.6 Å². The predicted molar refractivity (Wildman–Crippen MR) is 83.5 cm³/mol.